The maximum atomic E-state index is 12.6. The second kappa shape index (κ2) is 4.19. The molecule has 1 aromatic carbocycles. The number of nitrogen functional groups attached to an aromatic ring is 1. The molecule has 1 atom stereocenters. The minimum absolute atomic E-state index is 0.0693. The molecule has 0 aliphatic heterocycles. The maximum absolute atomic E-state index is 12.6. The molecule has 1 aliphatic rings. The molecule has 98 valence electrons. The lowest BCUT2D eigenvalue weighted by Gasteiger charge is -2.16. The van der Waals surface area contributed by atoms with Gasteiger partial charge in [-0.15, -0.1) is 0 Å². The van der Waals surface area contributed by atoms with E-state index in [4.69, 9.17) is 10.8 Å². The number of benzene rings is 1. The Kier molecular flexibility index (Phi) is 2.96. The van der Waals surface area contributed by atoms with E-state index in [-0.39, 0.29) is 17.2 Å². The molecular weight excluding hydrogens is 247 g/mol. The van der Waals surface area contributed by atoms with Crippen LogP contribution in [0.5, 0.6) is 0 Å². The molecule has 0 amide bonds. The van der Waals surface area contributed by atoms with Gasteiger partial charge in [-0.05, 0) is 42.5 Å². The van der Waals surface area contributed by atoms with E-state index >= 15 is 0 Å². The summed E-state index contributed by atoms with van der Waals surface area (Å²) in [6.45, 7) is 0. The summed E-state index contributed by atoms with van der Waals surface area (Å²) in [4.78, 5) is 11.2. The number of carbonyl (C=O) groups is 1. The van der Waals surface area contributed by atoms with E-state index in [9.17, 15) is 18.0 Å². The monoisotopic (exact) mass is 259 g/mol. The molecule has 0 bridgehead atoms. The zero-order valence-electron chi connectivity index (χ0n) is 9.37. The van der Waals surface area contributed by atoms with E-state index in [1.165, 1.54) is 0 Å². The molecule has 18 heavy (non-hydrogen) atoms. The van der Waals surface area contributed by atoms with Gasteiger partial charge >= 0.3 is 12.1 Å². The van der Waals surface area contributed by atoms with E-state index < -0.39 is 23.6 Å². The lowest BCUT2D eigenvalue weighted by atomic mass is 9.91. The van der Waals surface area contributed by atoms with Crippen molar-refractivity contribution in [2.24, 2.45) is 5.92 Å². The number of nitrogens with two attached hydrogens (primary N) is 1. The Balaban J connectivity index is 2.45. The van der Waals surface area contributed by atoms with E-state index in [0.717, 1.165) is 18.2 Å². The summed E-state index contributed by atoms with van der Waals surface area (Å²) in [6, 6.07) is 2.84. The molecule has 0 saturated heterocycles. The molecule has 0 aromatic heterocycles. The van der Waals surface area contributed by atoms with Crippen LogP contribution < -0.4 is 5.73 Å². The lowest BCUT2D eigenvalue weighted by Crippen LogP contribution is -2.17. The van der Waals surface area contributed by atoms with Crippen molar-refractivity contribution in [1.29, 1.82) is 0 Å². The highest BCUT2D eigenvalue weighted by molar-refractivity contribution is 5.79. The van der Waals surface area contributed by atoms with Crippen LogP contribution >= 0.6 is 0 Å². The van der Waals surface area contributed by atoms with Crippen molar-refractivity contribution in [2.75, 3.05) is 5.73 Å². The third-order valence-corrected chi connectivity index (χ3v) is 3.11. The standard InChI is InChI=1S/C12H12F3NO2/c13-12(14,15)7-3-4-9(16)8(5-7)10(11(17)18)6-1-2-6/h3-6,10H,1-2,16H2,(H,17,18). The van der Waals surface area contributed by atoms with Crippen molar-refractivity contribution >= 4 is 11.7 Å². The van der Waals surface area contributed by atoms with Gasteiger partial charge in [-0.1, -0.05) is 0 Å². The highest BCUT2D eigenvalue weighted by Gasteiger charge is 2.40. The molecule has 0 heterocycles. The topological polar surface area (TPSA) is 63.3 Å². The van der Waals surface area contributed by atoms with Gasteiger partial charge in [-0.25, -0.2) is 0 Å². The van der Waals surface area contributed by atoms with Crippen molar-refractivity contribution in [3.63, 3.8) is 0 Å². The van der Waals surface area contributed by atoms with Crippen LogP contribution in [-0.2, 0) is 11.0 Å². The van der Waals surface area contributed by atoms with Crippen molar-refractivity contribution < 1.29 is 23.1 Å². The van der Waals surface area contributed by atoms with Crippen LogP contribution in [0.2, 0.25) is 0 Å². The molecule has 1 unspecified atom stereocenters. The van der Waals surface area contributed by atoms with Gasteiger partial charge in [-0.2, -0.15) is 13.2 Å². The molecule has 3 nitrogen and oxygen atoms in total. The third-order valence-electron chi connectivity index (χ3n) is 3.11. The van der Waals surface area contributed by atoms with Crippen LogP contribution in [0.4, 0.5) is 18.9 Å². The van der Waals surface area contributed by atoms with Crippen LogP contribution in [0.25, 0.3) is 0 Å². The highest BCUT2D eigenvalue weighted by Crippen LogP contribution is 2.45. The quantitative estimate of drug-likeness (QED) is 0.820. The van der Waals surface area contributed by atoms with E-state index in [1.54, 1.807) is 0 Å². The molecule has 1 saturated carbocycles. The number of hydrogen-bond acceptors (Lipinski definition) is 2. The number of alkyl halides is 3. The largest absolute Gasteiger partial charge is 0.481 e. The van der Waals surface area contributed by atoms with Gasteiger partial charge in [0.2, 0.25) is 0 Å². The van der Waals surface area contributed by atoms with Crippen molar-refractivity contribution in [1.82, 2.24) is 0 Å². The lowest BCUT2D eigenvalue weighted by molar-refractivity contribution is -0.140. The SMILES string of the molecule is Nc1ccc(C(F)(F)F)cc1C(C(=O)O)C1CC1. The summed E-state index contributed by atoms with van der Waals surface area (Å²) in [5.41, 5.74) is 4.91. The van der Waals surface area contributed by atoms with Crippen LogP contribution in [0, 0.1) is 5.92 Å². The minimum atomic E-state index is -4.49. The summed E-state index contributed by atoms with van der Waals surface area (Å²) in [5, 5.41) is 9.12. The summed E-state index contributed by atoms with van der Waals surface area (Å²) < 4.78 is 37.8. The number of anilines is 1. The maximum Gasteiger partial charge on any atom is 0.416 e. The summed E-state index contributed by atoms with van der Waals surface area (Å²) in [7, 11) is 0. The first-order valence-corrected chi connectivity index (χ1v) is 5.50. The van der Waals surface area contributed by atoms with Gasteiger partial charge in [0.15, 0.2) is 0 Å². The molecule has 2 rings (SSSR count). The average molecular weight is 259 g/mol. The molecular formula is C12H12F3NO2. The number of carboxylic acid groups (broad SMARTS) is 1. The second-order valence-corrected chi connectivity index (χ2v) is 4.49. The smallest absolute Gasteiger partial charge is 0.416 e. The fourth-order valence-electron chi connectivity index (χ4n) is 2.04. The normalized spacial score (nSPS) is 17.5. The molecule has 6 heteroatoms. The van der Waals surface area contributed by atoms with Crippen LogP contribution in [0.15, 0.2) is 18.2 Å². The van der Waals surface area contributed by atoms with Crippen LogP contribution in [0.1, 0.15) is 29.9 Å². The number of carboxylic acids is 1. The Morgan fingerprint density at radius 3 is 2.44 bits per heavy atom. The number of halogens is 3. The Morgan fingerprint density at radius 1 is 1.39 bits per heavy atom. The van der Waals surface area contributed by atoms with E-state index in [0.29, 0.717) is 12.8 Å². The minimum Gasteiger partial charge on any atom is -0.481 e. The molecule has 3 N–H and O–H groups in total. The molecule has 1 fully saturated rings. The molecule has 0 radical (unpaired) electrons. The zero-order chi connectivity index (χ0) is 13.5. The number of rotatable bonds is 3. The third kappa shape index (κ3) is 2.42. The first-order valence-electron chi connectivity index (χ1n) is 5.50. The van der Waals surface area contributed by atoms with Crippen molar-refractivity contribution in [3.05, 3.63) is 29.3 Å². The average Bonchev–Trinajstić information content (AvgIpc) is 3.03. The second-order valence-electron chi connectivity index (χ2n) is 4.49. The van der Waals surface area contributed by atoms with Crippen molar-refractivity contribution in [2.45, 2.75) is 24.9 Å². The first-order chi connectivity index (χ1) is 8.30. The number of hydrogen-bond donors (Lipinski definition) is 2. The van der Waals surface area contributed by atoms with Crippen LogP contribution in [0.3, 0.4) is 0 Å². The fourth-order valence-corrected chi connectivity index (χ4v) is 2.04. The van der Waals surface area contributed by atoms with Crippen molar-refractivity contribution in [3.8, 4) is 0 Å². The van der Waals surface area contributed by atoms with Gasteiger partial charge in [0.1, 0.15) is 0 Å². The Morgan fingerprint density at radius 2 is 2.00 bits per heavy atom. The van der Waals surface area contributed by atoms with E-state index in [2.05, 4.69) is 0 Å². The van der Waals surface area contributed by atoms with Gasteiger partial charge in [0.25, 0.3) is 0 Å². The highest BCUT2D eigenvalue weighted by atomic mass is 19.4. The Bertz CT molecular complexity index is 481. The summed E-state index contributed by atoms with van der Waals surface area (Å²) in [5.74, 6) is -2.16. The van der Waals surface area contributed by atoms with Gasteiger partial charge in [0.05, 0.1) is 11.5 Å². The van der Waals surface area contributed by atoms with Gasteiger partial charge < -0.3 is 10.8 Å². The Labute approximate surface area is 101 Å². The van der Waals surface area contributed by atoms with E-state index in [1.807, 2.05) is 0 Å². The predicted molar refractivity (Wildman–Crippen MR) is 59.0 cm³/mol. The van der Waals surface area contributed by atoms with Gasteiger partial charge in [0, 0.05) is 5.69 Å². The summed E-state index contributed by atoms with van der Waals surface area (Å²) in [6.07, 6.45) is -3.06. The molecule has 0 spiro atoms. The van der Waals surface area contributed by atoms with Gasteiger partial charge in [-0.3, -0.25) is 4.79 Å². The Hall–Kier alpha value is -1.72. The number of aliphatic carboxylic acids is 1. The predicted octanol–water partition coefficient (Wildman–Crippen LogP) is 2.87. The molecule has 1 aromatic rings. The summed E-state index contributed by atoms with van der Waals surface area (Å²) >= 11 is 0. The first kappa shape index (κ1) is 12.7. The molecule has 1 aliphatic carbocycles. The zero-order valence-corrected chi connectivity index (χ0v) is 9.37. The fraction of sp³-hybridized carbons (Fsp3) is 0.417. The van der Waals surface area contributed by atoms with Crippen LogP contribution in [-0.4, -0.2) is 11.1 Å².